The number of nitrogens with one attached hydrogen (secondary N) is 1. The van der Waals surface area contributed by atoms with E-state index in [0.29, 0.717) is 31.7 Å². The van der Waals surface area contributed by atoms with Crippen molar-refractivity contribution in [1.29, 1.82) is 0 Å². The van der Waals surface area contributed by atoms with Crippen molar-refractivity contribution in [2.24, 2.45) is 11.8 Å². The second kappa shape index (κ2) is 8.22. The van der Waals surface area contributed by atoms with Crippen molar-refractivity contribution in [2.45, 2.75) is 44.8 Å². The summed E-state index contributed by atoms with van der Waals surface area (Å²) in [5, 5.41) is 10.5. The van der Waals surface area contributed by atoms with E-state index >= 15 is 0 Å². The Hall–Kier alpha value is -2.67. The van der Waals surface area contributed by atoms with Crippen molar-refractivity contribution in [2.75, 3.05) is 13.1 Å². The quantitative estimate of drug-likeness (QED) is 0.806. The van der Waals surface area contributed by atoms with Gasteiger partial charge >= 0.3 is 0 Å². The Morgan fingerprint density at radius 3 is 2.43 bits per heavy atom. The molecule has 1 aromatic heterocycles. The van der Waals surface area contributed by atoms with E-state index in [-0.39, 0.29) is 40.6 Å². The molecule has 1 aromatic carbocycles. The molecule has 1 saturated heterocycles. The van der Waals surface area contributed by atoms with E-state index in [0.717, 1.165) is 5.69 Å². The average molecular weight is 414 g/mol. The molecule has 1 amide bonds. The number of carbonyl (C=O) groups is 1. The lowest BCUT2D eigenvalue weighted by atomic mass is 9.78. The van der Waals surface area contributed by atoms with Gasteiger partial charge in [-0.05, 0) is 67.0 Å². The summed E-state index contributed by atoms with van der Waals surface area (Å²) in [7, 11) is 0. The number of pyridine rings is 1. The maximum Gasteiger partial charge on any atom is 0.261 e. The number of aliphatic hydroxyl groups is 1. The van der Waals surface area contributed by atoms with E-state index in [1.807, 2.05) is 13.8 Å². The third-order valence-corrected chi connectivity index (χ3v) is 6.26. The molecule has 4 rings (SSSR count). The molecule has 0 bridgehead atoms. The number of fused-ring (bicyclic) bond motifs is 1. The van der Waals surface area contributed by atoms with Crippen LogP contribution in [0.4, 0.5) is 4.39 Å². The minimum atomic E-state index is -0.653. The first-order valence-electron chi connectivity index (χ1n) is 10.4. The number of hydrogen-bond acceptors (Lipinski definition) is 4. The van der Waals surface area contributed by atoms with Crippen molar-refractivity contribution in [3.63, 3.8) is 0 Å². The van der Waals surface area contributed by atoms with Crippen LogP contribution in [0.5, 0.6) is 5.75 Å². The molecule has 2 fully saturated rings. The summed E-state index contributed by atoms with van der Waals surface area (Å²) in [4.78, 5) is 29.9. The molecule has 1 aliphatic carbocycles. The lowest BCUT2D eigenvalue weighted by Gasteiger charge is -2.35. The number of benzene rings is 1. The number of hydrogen-bond donors (Lipinski definition) is 2. The maximum absolute atomic E-state index is 13.1. The van der Waals surface area contributed by atoms with Gasteiger partial charge in [0.25, 0.3) is 11.5 Å². The highest BCUT2D eigenvalue weighted by atomic mass is 19.1. The number of amides is 1. The predicted molar refractivity (Wildman–Crippen MR) is 110 cm³/mol. The lowest BCUT2D eigenvalue weighted by molar-refractivity contribution is -0.0231. The summed E-state index contributed by atoms with van der Waals surface area (Å²) in [6, 6.07) is 9.14. The molecule has 1 aliphatic heterocycles. The SMILES string of the molecule is CC(C)c1ccc(C(=O)N2C[C@H]3C[C@@H](Oc4ccc(F)cc4)[C@H](O)C[C@H]3C2)c(=O)[nH]1. The van der Waals surface area contributed by atoms with E-state index in [1.165, 1.54) is 12.1 Å². The molecule has 1 saturated carbocycles. The zero-order chi connectivity index (χ0) is 21.4. The number of ether oxygens (including phenoxy) is 1. The number of nitrogens with zero attached hydrogens (tertiary/aromatic N) is 1. The van der Waals surface area contributed by atoms with Crippen molar-refractivity contribution in [3.8, 4) is 5.75 Å². The van der Waals surface area contributed by atoms with Crippen LogP contribution in [0.25, 0.3) is 0 Å². The van der Waals surface area contributed by atoms with Gasteiger partial charge in [0.2, 0.25) is 0 Å². The number of halogens is 1. The first kappa shape index (κ1) is 20.6. The highest BCUT2D eigenvalue weighted by Gasteiger charge is 2.44. The number of likely N-dealkylation sites (tertiary alicyclic amines) is 1. The molecule has 0 spiro atoms. The van der Waals surface area contributed by atoms with Crippen LogP contribution >= 0.6 is 0 Å². The summed E-state index contributed by atoms with van der Waals surface area (Å²) >= 11 is 0. The van der Waals surface area contributed by atoms with Gasteiger partial charge in [-0.1, -0.05) is 13.8 Å². The van der Waals surface area contributed by atoms with Gasteiger partial charge in [-0.15, -0.1) is 0 Å². The Kier molecular flexibility index (Phi) is 5.64. The second-order valence-corrected chi connectivity index (χ2v) is 8.69. The lowest BCUT2D eigenvalue weighted by Crippen LogP contribution is -2.42. The highest BCUT2D eigenvalue weighted by molar-refractivity contribution is 5.94. The average Bonchev–Trinajstić information content (AvgIpc) is 3.12. The first-order valence-corrected chi connectivity index (χ1v) is 10.4. The van der Waals surface area contributed by atoms with Crippen LogP contribution in [0.2, 0.25) is 0 Å². The molecule has 2 heterocycles. The van der Waals surface area contributed by atoms with Crippen molar-refractivity contribution in [1.82, 2.24) is 9.88 Å². The molecule has 2 N–H and O–H groups in total. The van der Waals surface area contributed by atoms with Gasteiger partial charge < -0.3 is 19.7 Å². The van der Waals surface area contributed by atoms with Gasteiger partial charge in [-0.25, -0.2) is 4.39 Å². The Morgan fingerprint density at radius 2 is 1.80 bits per heavy atom. The summed E-state index contributed by atoms with van der Waals surface area (Å²) in [5.41, 5.74) is 0.590. The molecule has 0 radical (unpaired) electrons. The largest absolute Gasteiger partial charge is 0.488 e. The topological polar surface area (TPSA) is 82.6 Å². The molecular weight excluding hydrogens is 387 g/mol. The fourth-order valence-corrected chi connectivity index (χ4v) is 4.54. The van der Waals surface area contributed by atoms with E-state index < -0.39 is 12.2 Å². The van der Waals surface area contributed by atoms with Crippen LogP contribution in [-0.2, 0) is 0 Å². The Morgan fingerprint density at radius 1 is 1.13 bits per heavy atom. The van der Waals surface area contributed by atoms with E-state index in [4.69, 9.17) is 4.74 Å². The van der Waals surface area contributed by atoms with Gasteiger partial charge in [0.05, 0.1) is 6.10 Å². The number of H-pyrrole nitrogens is 1. The van der Waals surface area contributed by atoms with Gasteiger partial charge in [0.15, 0.2) is 0 Å². The first-order chi connectivity index (χ1) is 14.3. The van der Waals surface area contributed by atoms with Crippen LogP contribution < -0.4 is 10.3 Å². The summed E-state index contributed by atoms with van der Waals surface area (Å²) in [6.07, 6.45) is 0.0825. The number of aliphatic hydroxyl groups excluding tert-OH is 1. The molecular formula is C23H27FN2O4. The Labute approximate surface area is 174 Å². The minimum absolute atomic E-state index is 0.151. The summed E-state index contributed by atoms with van der Waals surface area (Å²) in [6.45, 7) is 5.02. The number of rotatable bonds is 4. The number of carbonyl (C=O) groups excluding carboxylic acids is 1. The van der Waals surface area contributed by atoms with Gasteiger partial charge in [-0.2, -0.15) is 0 Å². The fraction of sp³-hybridized carbons (Fsp3) is 0.478. The van der Waals surface area contributed by atoms with Crippen LogP contribution in [-0.4, -0.2) is 46.2 Å². The smallest absolute Gasteiger partial charge is 0.261 e. The summed E-state index contributed by atoms with van der Waals surface area (Å²) < 4.78 is 19.0. The van der Waals surface area contributed by atoms with E-state index in [9.17, 15) is 19.1 Å². The van der Waals surface area contributed by atoms with E-state index in [2.05, 4.69) is 4.98 Å². The van der Waals surface area contributed by atoms with Crippen molar-refractivity contribution < 1.29 is 19.0 Å². The van der Waals surface area contributed by atoms with E-state index in [1.54, 1.807) is 29.2 Å². The zero-order valence-corrected chi connectivity index (χ0v) is 17.2. The number of aromatic nitrogens is 1. The zero-order valence-electron chi connectivity index (χ0n) is 17.2. The number of aromatic amines is 1. The predicted octanol–water partition coefficient (Wildman–Crippen LogP) is 2.93. The van der Waals surface area contributed by atoms with Gasteiger partial charge in [0.1, 0.15) is 23.2 Å². The highest BCUT2D eigenvalue weighted by Crippen LogP contribution is 2.38. The molecule has 2 aliphatic rings. The third kappa shape index (κ3) is 4.12. The normalized spacial score (nSPS) is 26.0. The van der Waals surface area contributed by atoms with Crippen LogP contribution in [0.1, 0.15) is 48.7 Å². The second-order valence-electron chi connectivity index (χ2n) is 8.69. The monoisotopic (exact) mass is 414 g/mol. The molecule has 6 nitrogen and oxygen atoms in total. The summed E-state index contributed by atoms with van der Waals surface area (Å²) in [5.74, 6) is 0.444. The van der Waals surface area contributed by atoms with Crippen LogP contribution in [0, 0.1) is 17.7 Å². The van der Waals surface area contributed by atoms with Gasteiger partial charge in [-0.3, -0.25) is 9.59 Å². The van der Waals surface area contributed by atoms with Gasteiger partial charge in [0, 0.05) is 18.8 Å². The molecule has 7 heteroatoms. The van der Waals surface area contributed by atoms with Crippen LogP contribution in [0.3, 0.4) is 0 Å². The molecule has 4 atom stereocenters. The molecule has 30 heavy (non-hydrogen) atoms. The van der Waals surface area contributed by atoms with Crippen molar-refractivity contribution >= 4 is 5.91 Å². The maximum atomic E-state index is 13.1. The van der Waals surface area contributed by atoms with Crippen LogP contribution in [0.15, 0.2) is 41.2 Å². The van der Waals surface area contributed by atoms with Crippen molar-refractivity contribution in [3.05, 3.63) is 63.8 Å². The third-order valence-electron chi connectivity index (χ3n) is 6.26. The molecule has 2 aromatic rings. The molecule has 160 valence electrons. The molecule has 0 unspecified atom stereocenters. The Bertz CT molecular complexity index is 972. The minimum Gasteiger partial charge on any atom is -0.488 e. The Balaban J connectivity index is 1.43. The standard InChI is InChI=1S/C23H27FN2O4/c1-13(2)19-8-7-18(22(28)25-19)23(29)26-11-14-9-20(27)21(10-15(14)12-26)30-17-5-3-16(24)4-6-17/h3-8,13-15,20-21,27H,9-12H2,1-2H3,(H,25,28)/t14-,15+,20+,21+/m0/s1. The fourth-order valence-electron chi connectivity index (χ4n) is 4.54.